The molecule has 1 saturated heterocycles. The molecule has 0 atom stereocenters. The molecule has 1 spiro atoms. The Morgan fingerprint density at radius 3 is 2.24 bits per heavy atom. The quantitative estimate of drug-likeness (QED) is 0.594. The molecule has 3 aromatic rings. The van der Waals surface area contributed by atoms with E-state index in [2.05, 4.69) is 53.0 Å². The third-order valence-corrected chi connectivity index (χ3v) is 7.00. The number of aliphatic hydroxyl groups is 1. The lowest BCUT2D eigenvalue weighted by Gasteiger charge is -2.54. The highest BCUT2D eigenvalue weighted by Crippen LogP contribution is 2.46. The Labute approximate surface area is 194 Å². The summed E-state index contributed by atoms with van der Waals surface area (Å²) in [5.41, 5.74) is 4.16. The van der Waals surface area contributed by atoms with Crippen LogP contribution in [0.1, 0.15) is 49.1 Å². The zero-order chi connectivity index (χ0) is 23.1. The number of carbonyl (C=O) groups is 1. The summed E-state index contributed by atoms with van der Waals surface area (Å²) in [6, 6.07) is 18.1. The van der Waals surface area contributed by atoms with Crippen LogP contribution in [0.4, 0.5) is 5.95 Å². The smallest absolute Gasteiger partial charge is 0.225 e. The van der Waals surface area contributed by atoms with Gasteiger partial charge in [0.2, 0.25) is 5.95 Å². The highest BCUT2D eigenvalue weighted by atomic mass is 16.5. The van der Waals surface area contributed by atoms with E-state index in [4.69, 9.17) is 4.74 Å². The summed E-state index contributed by atoms with van der Waals surface area (Å²) in [6.45, 7) is 6.54. The van der Waals surface area contributed by atoms with Crippen LogP contribution in [0.5, 0.6) is 5.75 Å². The van der Waals surface area contributed by atoms with Gasteiger partial charge < -0.3 is 14.7 Å². The summed E-state index contributed by atoms with van der Waals surface area (Å²) in [4.78, 5) is 22.5. The molecule has 1 saturated carbocycles. The van der Waals surface area contributed by atoms with Gasteiger partial charge >= 0.3 is 0 Å². The molecule has 0 radical (unpaired) electrons. The highest BCUT2D eigenvalue weighted by Gasteiger charge is 2.52. The molecule has 6 heteroatoms. The SMILES string of the molecule is CC(C)(c1ccc(CO)cc1)c1ccc(OCc2ccnc(N3CC4(CC(=O)C4)C3)n2)cc1. The van der Waals surface area contributed by atoms with E-state index in [-0.39, 0.29) is 17.4 Å². The summed E-state index contributed by atoms with van der Waals surface area (Å²) >= 11 is 0. The fraction of sp³-hybridized carbons (Fsp3) is 0.370. The fourth-order valence-corrected chi connectivity index (χ4v) is 4.85. The van der Waals surface area contributed by atoms with E-state index in [1.54, 1.807) is 6.20 Å². The maximum Gasteiger partial charge on any atom is 0.225 e. The van der Waals surface area contributed by atoms with E-state index >= 15 is 0 Å². The summed E-state index contributed by atoms with van der Waals surface area (Å²) in [7, 11) is 0. The number of aromatic nitrogens is 2. The normalized spacial score (nSPS) is 16.9. The molecule has 1 N–H and O–H groups in total. The van der Waals surface area contributed by atoms with Crippen molar-refractivity contribution in [3.05, 3.63) is 83.2 Å². The van der Waals surface area contributed by atoms with Crippen LogP contribution in [-0.2, 0) is 23.4 Å². The van der Waals surface area contributed by atoms with Gasteiger partial charge in [0, 0.05) is 43.0 Å². The first-order valence-corrected chi connectivity index (χ1v) is 11.4. The van der Waals surface area contributed by atoms with Crippen molar-refractivity contribution in [2.45, 2.75) is 45.3 Å². The van der Waals surface area contributed by atoms with Crippen LogP contribution >= 0.6 is 0 Å². The molecule has 2 heterocycles. The third kappa shape index (κ3) is 4.23. The molecule has 170 valence electrons. The molecule has 0 bridgehead atoms. The topological polar surface area (TPSA) is 75.6 Å². The standard InChI is InChI=1S/C27H29N3O3/c1-26(2,20-5-3-19(15-31)4-6-20)21-7-9-24(10-8-21)33-16-22-11-12-28-25(29-22)30-17-27(18-30)13-23(32)14-27/h3-12,31H,13-18H2,1-2H3. The van der Waals surface area contributed by atoms with Crippen molar-refractivity contribution in [2.75, 3.05) is 18.0 Å². The number of ether oxygens (including phenoxy) is 1. The van der Waals surface area contributed by atoms with Crippen LogP contribution < -0.4 is 9.64 Å². The minimum atomic E-state index is -0.159. The molecule has 33 heavy (non-hydrogen) atoms. The Kier molecular flexibility index (Phi) is 5.41. The number of nitrogens with zero attached hydrogens (tertiary/aromatic N) is 3. The van der Waals surface area contributed by atoms with Gasteiger partial charge in [-0.05, 0) is 34.9 Å². The van der Waals surface area contributed by atoms with Crippen LogP contribution in [0.2, 0.25) is 0 Å². The Hall–Kier alpha value is -3.25. The molecule has 2 fully saturated rings. The summed E-state index contributed by atoms with van der Waals surface area (Å²) in [6.07, 6.45) is 3.17. The Balaban J connectivity index is 1.20. The first-order valence-electron chi connectivity index (χ1n) is 11.4. The van der Waals surface area contributed by atoms with Gasteiger partial charge in [-0.15, -0.1) is 0 Å². The van der Waals surface area contributed by atoms with Crippen molar-refractivity contribution in [3.63, 3.8) is 0 Å². The number of Topliss-reactive ketones (excluding diaryl/α,β-unsaturated/α-hetero) is 1. The molecule has 2 aliphatic rings. The number of ketones is 1. The molecular weight excluding hydrogens is 414 g/mol. The van der Waals surface area contributed by atoms with E-state index in [0.29, 0.717) is 31.2 Å². The van der Waals surface area contributed by atoms with E-state index in [9.17, 15) is 9.90 Å². The number of carbonyl (C=O) groups excluding carboxylic acids is 1. The Morgan fingerprint density at radius 2 is 1.64 bits per heavy atom. The Morgan fingerprint density at radius 1 is 1.00 bits per heavy atom. The van der Waals surface area contributed by atoms with Crippen molar-refractivity contribution < 1.29 is 14.6 Å². The maximum absolute atomic E-state index is 11.3. The molecular formula is C27H29N3O3. The third-order valence-electron chi connectivity index (χ3n) is 7.00. The van der Waals surface area contributed by atoms with Gasteiger partial charge in [-0.1, -0.05) is 50.2 Å². The Bertz CT molecular complexity index is 1140. The molecule has 0 unspecified atom stereocenters. The van der Waals surface area contributed by atoms with Gasteiger partial charge in [-0.3, -0.25) is 4.79 Å². The summed E-state index contributed by atoms with van der Waals surface area (Å²) in [5.74, 6) is 1.87. The predicted octanol–water partition coefficient (Wildman–Crippen LogP) is 4.04. The molecule has 1 aliphatic heterocycles. The lowest BCUT2D eigenvalue weighted by atomic mass is 9.63. The lowest BCUT2D eigenvalue weighted by Crippen LogP contribution is -2.63. The second kappa shape index (κ2) is 8.27. The number of benzene rings is 2. The molecule has 0 amide bonds. The van der Waals surface area contributed by atoms with Crippen LogP contribution in [0.3, 0.4) is 0 Å². The average molecular weight is 444 g/mol. The van der Waals surface area contributed by atoms with Crippen LogP contribution in [0, 0.1) is 5.41 Å². The van der Waals surface area contributed by atoms with Gasteiger partial charge in [-0.25, -0.2) is 9.97 Å². The van der Waals surface area contributed by atoms with Crippen LogP contribution in [-0.4, -0.2) is 33.9 Å². The number of hydrogen-bond acceptors (Lipinski definition) is 6. The zero-order valence-corrected chi connectivity index (χ0v) is 19.1. The molecule has 1 aromatic heterocycles. The first kappa shape index (κ1) is 21.6. The number of anilines is 1. The van der Waals surface area contributed by atoms with Crippen molar-refractivity contribution >= 4 is 11.7 Å². The molecule has 1 aliphatic carbocycles. The van der Waals surface area contributed by atoms with E-state index in [1.165, 1.54) is 11.1 Å². The maximum atomic E-state index is 11.3. The number of hydrogen-bond donors (Lipinski definition) is 1. The largest absolute Gasteiger partial charge is 0.487 e. The lowest BCUT2D eigenvalue weighted by molar-refractivity contribution is -0.134. The molecule has 6 nitrogen and oxygen atoms in total. The first-order chi connectivity index (χ1) is 15.9. The fourth-order valence-electron chi connectivity index (χ4n) is 4.85. The zero-order valence-electron chi connectivity index (χ0n) is 19.1. The van der Waals surface area contributed by atoms with Gasteiger partial charge in [0.15, 0.2) is 0 Å². The minimum Gasteiger partial charge on any atom is -0.487 e. The van der Waals surface area contributed by atoms with Gasteiger partial charge in [-0.2, -0.15) is 0 Å². The van der Waals surface area contributed by atoms with Gasteiger partial charge in [0.05, 0.1) is 12.3 Å². The molecule has 5 rings (SSSR count). The summed E-state index contributed by atoms with van der Waals surface area (Å²) < 4.78 is 5.99. The van der Waals surface area contributed by atoms with Crippen LogP contribution in [0.25, 0.3) is 0 Å². The van der Waals surface area contributed by atoms with Gasteiger partial charge in [0.1, 0.15) is 18.1 Å². The van der Waals surface area contributed by atoms with E-state index in [0.717, 1.165) is 30.1 Å². The number of rotatable bonds is 7. The number of aliphatic hydroxyl groups excluding tert-OH is 1. The second-order valence-electron chi connectivity index (χ2n) is 9.89. The predicted molar refractivity (Wildman–Crippen MR) is 126 cm³/mol. The minimum absolute atomic E-state index is 0.0559. The monoisotopic (exact) mass is 443 g/mol. The second-order valence-corrected chi connectivity index (χ2v) is 9.89. The van der Waals surface area contributed by atoms with Crippen LogP contribution in [0.15, 0.2) is 60.8 Å². The average Bonchev–Trinajstić information content (AvgIpc) is 2.79. The van der Waals surface area contributed by atoms with Crippen molar-refractivity contribution in [2.24, 2.45) is 5.41 Å². The van der Waals surface area contributed by atoms with E-state index in [1.807, 2.05) is 30.3 Å². The van der Waals surface area contributed by atoms with Crippen molar-refractivity contribution in [3.8, 4) is 5.75 Å². The van der Waals surface area contributed by atoms with E-state index < -0.39 is 0 Å². The summed E-state index contributed by atoms with van der Waals surface area (Å²) in [5, 5.41) is 9.28. The van der Waals surface area contributed by atoms with Crippen molar-refractivity contribution in [1.29, 1.82) is 0 Å². The molecule has 2 aromatic carbocycles. The highest BCUT2D eigenvalue weighted by molar-refractivity contribution is 5.87. The van der Waals surface area contributed by atoms with Gasteiger partial charge in [0.25, 0.3) is 0 Å². The van der Waals surface area contributed by atoms with Crippen molar-refractivity contribution in [1.82, 2.24) is 9.97 Å².